The van der Waals surface area contributed by atoms with Crippen LogP contribution in [-0.4, -0.2) is 9.97 Å². The quantitative estimate of drug-likeness (QED) is 0.915. The largest absolute Gasteiger partial charge is 0.384 e. The number of hydrogen-bond donors (Lipinski definition) is 1. The van der Waals surface area contributed by atoms with Crippen LogP contribution in [0.2, 0.25) is 0 Å². The van der Waals surface area contributed by atoms with Gasteiger partial charge < -0.3 is 5.73 Å². The summed E-state index contributed by atoms with van der Waals surface area (Å²) in [5, 5.41) is 0. The molecule has 0 atom stereocenters. The third kappa shape index (κ3) is 2.70. The van der Waals surface area contributed by atoms with Gasteiger partial charge in [0.1, 0.15) is 5.82 Å². The van der Waals surface area contributed by atoms with E-state index in [0.29, 0.717) is 17.6 Å². The van der Waals surface area contributed by atoms with Crippen LogP contribution >= 0.6 is 15.9 Å². The van der Waals surface area contributed by atoms with Crippen molar-refractivity contribution in [2.75, 3.05) is 5.73 Å². The summed E-state index contributed by atoms with van der Waals surface area (Å²) in [7, 11) is 0. The molecule has 0 unspecified atom stereocenters. The number of halogens is 1. The lowest BCUT2D eigenvalue weighted by molar-refractivity contribution is 0.818. The molecule has 0 saturated heterocycles. The van der Waals surface area contributed by atoms with E-state index in [0.717, 1.165) is 21.3 Å². The van der Waals surface area contributed by atoms with Gasteiger partial charge >= 0.3 is 0 Å². The van der Waals surface area contributed by atoms with Crippen molar-refractivity contribution in [1.29, 1.82) is 0 Å². The predicted molar refractivity (Wildman–Crippen MR) is 78.4 cm³/mol. The van der Waals surface area contributed by atoms with Crippen molar-refractivity contribution in [3.63, 3.8) is 0 Å². The lowest BCUT2D eigenvalue weighted by Crippen LogP contribution is -2.02. The Bertz CT molecular complexity index is 579. The molecule has 4 heteroatoms. The first-order chi connectivity index (χ1) is 8.47. The third-order valence-electron chi connectivity index (χ3n) is 2.79. The fourth-order valence-electron chi connectivity index (χ4n) is 1.78. The molecule has 0 radical (unpaired) electrons. The first-order valence-corrected chi connectivity index (χ1v) is 6.67. The van der Waals surface area contributed by atoms with Crippen molar-refractivity contribution >= 4 is 21.7 Å². The highest BCUT2D eigenvalue weighted by Gasteiger charge is 2.10. The number of nitrogen functional groups attached to an aromatic ring is 1. The standard InChI is InChI=1S/C14H16BrN3/c1-8(2)12-7-13(16)18-14(17-12)11-5-4-10(15)6-9(11)3/h4-8H,1-3H3,(H2,16,17,18). The molecular formula is C14H16BrN3. The van der Waals surface area contributed by atoms with Crippen molar-refractivity contribution in [2.24, 2.45) is 0 Å². The van der Waals surface area contributed by atoms with Gasteiger partial charge in [0.2, 0.25) is 0 Å². The number of hydrogen-bond acceptors (Lipinski definition) is 3. The van der Waals surface area contributed by atoms with Crippen molar-refractivity contribution in [3.8, 4) is 11.4 Å². The van der Waals surface area contributed by atoms with E-state index in [1.165, 1.54) is 0 Å². The van der Waals surface area contributed by atoms with Crippen LogP contribution in [-0.2, 0) is 0 Å². The summed E-state index contributed by atoms with van der Waals surface area (Å²) in [6, 6.07) is 7.89. The van der Waals surface area contributed by atoms with Crippen LogP contribution < -0.4 is 5.73 Å². The molecule has 0 fully saturated rings. The van der Waals surface area contributed by atoms with Crippen molar-refractivity contribution in [1.82, 2.24) is 9.97 Å². The van der Waals surface area contributed by atoms with Crippen LogP contribution in [0.1, 0.15) is 31.0 Å². The monoisotopic (exact) mass is 305 g/mol. The second kappa shape index (κ2) is 5.06. The molecule has 0 saturated carbocycles. The Hall–Kier alpha value is -1.42. The van der Waals surface area contributed by atoms with Crippen LogP contribution in [0.5, 0.6) is 0 Å². The van der Waals surface area contributed by atoms with Gasteiger partial charge in [0.25, 0.3) is 0 Å². The zero-order chi connectivity index (χ0) is 13.3. The van der Waals surface area contributed by atoms with E-state index in [4.69, 9.17) is 5.73 Å². The molecule has 2 N–H and O–H groups in total. The van der Waals surface area contributed by atoms with E-state index in [9.17, 15) is 0 Å². The zero-order valence-electron chi connectivity index (χ0n) is 10.7. The second-order valence-corrected chi connectivity index (χ2v) is 5.57. The number of nitrogens with two attached hydrogens (primary N) is 1. The predicted octanol–water partition coefficient (Wildman–Crippen LogP) is 3.92. The topological polar surface area (TPSA) is 51.8 Å². The second-order valence-electron chi connectivity index (χ2n) is 4.66. The molecule has 94 valence electrons. The number of benzene rings is 1. The van der Waals surface area contributed by atoms with E-state index < -0.39 is 0 Å². The Morgan fingerprint density at radius 3 is 2.50 bits per heavy atom. The number of nitrogens with zero attached hydrogens (tertiary/aromatic N) is 2. The fraction of sp³-hybridized carbons (Fsp3) is 0.286. The Morgan fingerprint density at radius 1 is 1.17 bits per heavy atom. The van der Waals surface area contributed by atoms with Gasteiger partial charge in [-0.2, -0.15) is 0 Å². The molecule has 2 rings (SSSR count). The molecule has 0 aliphatic heterocycles. The van der Waals surface area contributed by atoms with Crippen molar-refractivity contribution in [3.05, 3.63) is 40.0 Å². The molecule has 1 aromatic carbocycles. The first kappa shape index (κ1) is 13.0. The van der Waals surface area contributed by atoms with Crippen LogP contribution in [0.3, 0.4) is 0 Å². The summed E-state index contributed by atoms with van der Waals surface area (Å²) in [5.41, 5.74) is 8.98. The van der Waals surface area contributed by atoms with E-state index in [2.05, 4.69) is 45.8 Å². The van der Waals surface area contributed by atoms with E-state index in [-0.39, 0.29) is 0 Å². The van der Waals surface area contributed by atoms with Crippen LogP contribution in [0.25, 0.3) is 11.4 Å². The summed E-state index contributed by atoms with van der Waals surface area (Å²) in [4.78, 5) is 8.92. The number of anilines is 1. The summed E-state index contributed by atoms with van der Waals surface area (Å²) >= 11 is 3.46. The van der Waals surface area contributed by atoms with Gasteiger partial charge in [0.05, 0.1) is 0 Å². The summed E-state index contributed by atoms with van der Waals surface area (Å²) in [6.45, 7) is 6.24. The molecule has 3 nitrogen and oxygen atoms in total. The fourth-order valence-corrected chi connectivity index (χ4v) is 2.26. The maximum Gasteiger partial charge on any atom is 0.162 e. The summed E-state index contributed by atoms with van der Waals surface area (Å²) in [6.07, 6.45) is 0. The van der Waals surface area contributed by atoms with Gasteiger partial charge in [-0.3, -0.25) is 0 Å². The minimum absolute atomic E-state index is 0.338. The highest BCUT2D eigenvalue weighted by atomic mass is 79.9. The molecule has 0 amide bonds. The number of aromatic nitrogens is 2. The van der Waals surface area contributed by atoms with Gasteiger partial charge in [-0.15, -0.1) is 0 Å². The Morgan fingerprint density at radius 2 is 1.89 bits per heavy atom. The van der Waals surface area contributed by atoms with Gasteiger partial charge in [0.15, 0.2) is 5.82 Å². The van der Waals surface area contributed by atoms with Gasteiger partial charge in [-0.1, -0.05) is 29.8 Å². The first-order valence-electron chi connectivity index (χ1n) is 5.88. The third-order valence-corrected chi connectivity index (χ3v) is 3.28. The van der Waals surface area contributed by atoms with Crippen LogP contribution in [0.15, 0.2) is 28.7 Å². The number of aryl methyl sites for hydroxylation is 1. The highest BCUT2D eigenvalue weighted by molar-refractivity contribution is 9.10. The molecule has 1 heterocycles. The lowest BCUT2D eigenvalue weighted by atomic mass is 10.1. The van der Waals surface area contributed by atoms with Crippen molar-refractivity contribution in [2.45, 2.75) is 26.7 Å². The van der Waals surface area contributed by atoms with Crippen LogP contribution in [0.4, 0.5) is 5.82 Å². The highest BCUT2D eigenvalue weighted by Crippen LogP contribution is 2.25. The van der Waals surface area contributed by atoms with Gasteiger partial charge in [0, 0.05) is 21.8 Å². The Balaban J connectivity index is 2.56. The van der Waals surface area contributed by atoms with E-state index in [1.54, 1.807) is 0 Å². The Kier molecular flexibility index (Phi) is 3.66. The summed E-state index contributed by atoms with van der Waals surface area (Å²) < 4.78 is 1.05. The average molecular weight is 306 g/mol. The van der Waals surface area contributed by atoms with E-state index >= 15 is 0 Å². The molecule has 0 spiro atoms. The van der Waals surface area contributed by atoms with Crippen LogP contribution in [0, 0.1) is 6.92 Å². The molecule has 0 aliphatic carbocycles. The minimum Gasteiger partial charge on any atom is -0.384 e. The minimum atomic E-state index is 0.338. The Labute approximate surface area is 116 Å². The average Bonchev–Trinajstić information content (AvgIpc) is 2.27. The molecule has 0 aliphatic rings. The van der Waals surface area contributed by atoms with Gasteiger partial charge in [-0.05, 0) is 36.6 Å². The van der Waals surface area contributed by atoms with Crippen molar-refractivity contribution < 1.29 is 0 Å². The molecular weight excluding hydrogens is 290 g/mol. The molecule has 18 heavy (non-hydrogen) atoms. The maximum atomic E-state index is 5.85. The lowest BCUT2D eigenvalue weighted by Gasteiger charge is -2.10. The summed E-state index contributed by atoms with van der Waals surface area (Å²) in [5.74, 6) is 1.56. The molecule has 1 aromatic heterocycles. The molecule has 2 aromatic rings. The smallest absolute Gasteiger partial charge is 0.162 e. The molecule has 0 bridgehead atoms. The zero-order valence-corrected chi connectivity index (χ0v) is 12.3. The maximum absolute atomic E-state index is 5.85. The van der Waals surface area contributed by atoms with Gasteiger partial charge in [-0.25, -0.2) is 9.97 Å². The SMILES string of the molecule is Cc1cc(Br)ccc1-c1nc(N)cc(C(C)C)n1. The number of rotatable bonds is 2. The van der Waals surface area contributed by atoms with E-state index in [1.807, 2.05) is 25.1 Å². The normalized spacial score (nSPS) is 10.9.